The number of hydrogen-bond donors (Lipinski definition) is 0. The van der Waals surface area contributed by atoms with E-state index >= 15 is 0 Å². The molecule has 0 spiro atoms. The lowest BCUT2D eigenvalue weighted by Crippen LogP contribution is -1.85. The fraction of sp³-hybridized carbons (Fsp3) is 0.0625. The van der Waals surface area contributed by atoms with E-state index < -0.39 is 0 Å². The predicted octanol–water partition coefficient (Wildman–Crippen LogP) is 4.78. The Morgan fingerprint density at radius 1 is 1.13 bits per heavy atom. The van der Waals surface area contributed by atoms with Crippen LogP contribution in [0.15, 0.2) is 58.5 Å². The van der Waals surface area contributed by atoms with Crippen LogP contribution in [0.3, 0.4) is 0 Å². The van der Waals surface area contributed by atoms with Crippen molar-refractivity contribution in [2.24, 2.45) is 0 Å². The lowest BCUT2D eigenvalue weighted by atomic mass is 10.2. The van der Waals surface area contributed by atoms with E-state index in [0.717, 1.165) is 31.4 Å². The van der Waals surface area contributed by atoms with Gasteiger partial charge in [0, 0.05) is 16.7 Å². The molecular formula is C16H10FN3OS2. The molecule has 4 aromatic rings. The van der Waals surface area contributed by atoms with Crippen LogP contribution >= 0.6 is 23.1 Å². The Kier molecular flexibility index (Phi) is 3.80. The lowest BCUT2D eigenvalue weighted by Gasteiger charge is -1.99. The van der Waals surface area contributed by atoms with Gasteiger partial charge < -0.3 is 4.52 Å². The summed E-state index contributed by atoms with van der Waals surface area (Å²) >= 11 is 3.20. The van der Waals surface area contributed by atoms with E-state index in [9.17, 15) is 4.39 Å². The number of nitrogens with zero attached hydrogens (tertiary/aromatic N) is 3. The molecular weight excluding hydrogens is 333 g/mol. The van der Waals surface area contributed by atoms with E-state index in [4.69, 9.17) is 4.52 Å². The minimum atomic E-state index is -0.237. The van der Waals surface area contributed by atoms with Gasteiger partial charge in [0.05, 0.1) is 15.9 Å². The summed E-state index contributed by atoms with van der Waals surface area (Å²) in [4.78, 5) is 9.74. The van der Waals surface area contributed by atoms with Gasteiger partial charge in [-0.05, 0) is 23.8 Å². The molecule has 0 unspecified atom stereocenters. The van der Waals surface area contributed by atoms with Gasteiger partial charge in [0.1, 0.15) is 23.4 Å². The van der Waals surface area contributed by atoms with Crippen LogP contribution in [-0.4, -0.2) is 15.1 Å². The molecule has 114 valence electrons. The highest BCUT2D eigenvalue weighted by molar-refractivity contribution is 7.98. The molecule has 0 radical (unpaired) electrons. The summed E-state index contributed by atoms with van der Waals surface area (Å²) < 4.78 is 18.9. The van der Waals surface area contributed by atoms with Crippen LogP contribution in [0.2, 0.25) is 0 Å². The minimum absolute atomic E-state index is 0.237. The van der Waals surface area contributed by atoms with Gasteiger partial charge in [0.15, 0.2) is 0 Å². The first-order valence-corrected chi connectivity index (χ1v) is 8.62. The zero-order valence-corrected chi connectivity index (χ0v) is 13.4. The summed E-state index contributed by atoms with van der Waals surface area (Å²) in [5, 5.41) is 4.81. The molecule has 0 saturated heterocycles. The molecule has 7 heteroatoms. The topological polar surface area (TPSA) is 51.8 Å². The molecule has 0 saturated carbocycles. The normalized spacial score (nSPS) is 11.2. The molecule has 0 aliphatic rings. The Balaban J connectivity index is 1.68. The van der Waals surface area contributed by atoms with Gasteiger partial charge in [-0.15, -0.1) is 11.3 Å². The van der Waals surface area contributed by atoms with E-state index in [0.29, 0.717) is 5.75 Å². The van der Waals surface area contributed by atoms with Gasteiger partial charge in [-0.3, -0.25) is 0 Å². The lowest BCUT2D eigenvalue weighted by molar-refractivity contribution is 0.414. The summed E-state index contributed by atoms with van der Waals surface area (Å²) in [6.07, 6.45) is 3.12. The molecule has 3 aromatic heterocycles. The number of fused-ring (bicyclic) bond motifs is 1. The number of rotatable bonds is 4. The van der Waals surface area contributed by atoms with Crippen molar-refractivity contribution in [3.05, 3.63) is 60.5 Å². The third kappa shape index (κ3) is 2.97. The molecule has 0 aliphatic heterocycles. The zero-order chi connectivity index (χ0) is 15.6. The number of thioether (sulfide) groups is 1. The molecule has 23 heavy (non-hydrogen) atoms. The van der Waals surface area contributed by atoms with Crippen LogP contribution in [0.5, 0.6) is 0 Å². The van der Waals surface area contributed by atoms with Gasteiger partial charge in [0.25, 0.3) is 0 Å². The van der Waals surface area contributed by atoms with E-state index in [-0.39, 0.29) is 5.82 Å². The molecule has 0 amide bonds. The molecule has 0 aliphatic carbocycles. The smallest absolute Gasteiger partial charge is 0.124 e. The van der Waals surface area contributed by atoms with Crippen LogP contribution in [0.4, 0.5) is 4.39 Å². The Bertz CT molecular complexity index is 936. The molecule has 4 nitrogen and oxygen atoms in total. The van der Waals surface area contributed by atoms with E-state index in [2.05, 4.69) is 15.1 Å². The van der Waals surface area contributed by atoms with Crippen molar-refractivity contribution in [2.75, 3.05) is 0 Å². The summed E-state index contributed by atoms with van der Waals surface area (Å²) in [6.45, 7) is 0. The molecule has 0 bridgehead atoms. The van der Waals surface area contributed by atoms with Crippen LogP contribution in [-0.2, 0) is 5.75 Å². The van der Waals surface area contributed by atoms with Crippen molar-refractivity contribution < 1.29 is 8.91 Å². The first-order chi connectivity index (χ1) is 11.3. The standard InChI is InChI=1S/C16H10FN3OS2/c17-11-3-1-10(2-4-11)14-7-13-15(23-14)16(19-9-18-13)22-8-12-5-6-21-20-12/h1-7,9H,8H2. The van der Waals surface area contributed by atoms with Crippen molar-refractivity contribution in [3.8, 4) is 10.4 Å². The number of benzene rings is 1. The SMILES string of the molecule is Fc1ccc(-c2cc3ncnc(SCc4ccon4)c3s2)cc1. The second-order valence-corrected chi connectivity index (χ2v) is 6.81. The molecule has 4 rings (SSSR count). The van der Waals surface area contributed by atoms with E-state index in [1.165, 1.54) is 12.1 Å². The Morgan fingerprint density at radius 2 is 2.00 bits per heavy atom. The second-order valence-electron chi connectivity index (χ2n) is 4.79. The summed E-state index contributed by atoms with van der Waals surface area (Å²) in [7, 11) is 0. The zero-order valence-electron chi connectivity index (χ0n) is 11.8. The second kappa shape index (κ2) is 6.10. The third-order valence-corrected chi connectivity index (χ3v) is 5.59. The van der Waals surface area contributed by atoms with Crippen LogP contribution in [0, 0.1) is 5.82 Å². The van der Waals surface area contributed by atoms with Gasteiger partial charge in [-0.1, -0.05) is 29.1 Å². The van der Waals surface area contributed by atoms with E-state index in [1.807, 2.05) is 12.1 Å². The average Bonchev–Trinajstić information content (AvgIpc) is 3.23. The van der Waals surface area contributed by atoms with Crippen LogP contribution in [0.25, 0.3) is 20.7 Å². The largest absolute Gasteiger partial charge is 0.364 e. The molecule has 0 fully saturated rings. The summed E-state index contributed by atoms with van der Waals surface area (Å²) in [6, 6.07) is 10.3. The highest BCUT2D eigenvalue weighted by Crippen LogP contribution is 2.37. The fourth-order valence-corrected chi connectivity index (χ4v) is 4.24. The molecule has 1 aromatic carbocycles. The Morgan fingerprint density at radius 3 is 2.78 bits per heavy atom. The van der Waals surface area contributed by atoms with Gasteiger partial charge in [-0.25, -0.2) is 14.4 Å². The highest BCUT2D eigenvalue weighted by Gasteiger charge is 2.11. The molecule has 0 N–H and O–H groups in total. The number of halogens is 1. The van der Waals surface area contributed by atoms with Crippen molar-refractivity contribution in [1.29, 1.82) is 0 Å². The van der Waals surface area contributed by atoms with Crippen molar-refractivity contribution in [2.45, 2.75) is 10.8 Å². The van der Waals surface area contributed by atoms with Gasteiger partial charge in [0.2, 0.25) is 0 Å². The summed E-state index contributed by atoms with van der Waals surface area (Å²) in [5.41, 5.74) is 2.74. The average molecular weight is 343 g/mol. The third-order valence-electron chi connectivity index (χ3n) is 3.26. The van der Waals surface area contributed by atoms with Gasteiger partial charge in [-0.2, -0.15) is 0 Å². The number of thiophene rings is 1. The van der Waals surface area contributed by atoms with Crippen molar-refractivity contribution >= 4 is 33.3 Å². The first-order valence-electron chi connectivity index (χ1n) is 6.82. The molecule has 3 heterocycles. The van der Waals surface area contributed by atoms with Crippen LogP contribution in [0.1, 0.15) is 5.69 Å². The monoisotopic (exact) mass is 343 g/mol. The highest BCUT2D eigenvalue weighted by atomic mass is 32.2. The predicted molar refractivity (Wildman–Crippen MR) is 88.9 cm³/mol. The maximum absolute atomic E-state index is 13.1. The number of hydrogen-bond acceptors (Lipinski definition) is 6. The maximum Gasteiger partial charge on any atom is 0.124 e. The summed E-state index contributed by atoms with van der Waals surface area (Å²) in [5.74, 6) is 0.449. The first kappa shape index (κ1) is 14.3. The molecule has 0 atom stereocenters. The Hall–Kier alpha value is -2.25. The Labute approximate surface area is 139 Å². The van der Waals surface area contributed by atoms with Crippen molar-refractivity contribution in [3.63, 3.8) is 0 Å². The van der Waals surface area contributed by atoms with Crippen molar-refractivity contribution in [1.82, 2.24) is 15.1 Å². The maximum atomic E-state index is 13.1. The quantitative estimate of drug-likeness (QED) is 0.394. The van der Waals surface area contributed by atoms with E-state index in [1.54, 1.807) is 47.8 Å². The fourth-order valence-electron chi connectivity index (χ4n) is 2.15. The van der Waals surface area contributed by atoms with Gasteiger partial charge >= 0.3 is 0 Å². The minimum Gasteiger partial charge on any atom is -0.364 e. The number of aromatic nitrogens is 3. The van der Waals surface area contributed by atoms with Crippen LogP contribution < -0.4 is 0 Å².